The molecule has 406 valence electrons. The molecule has 1 aromatic carbocycles. The molecular weight excluding hydrogens is 817 g/mol. The Morgan fingerprint density at radius 3 is 0.603 bits per heavy atom. The van der Waals surface area contributed by atoms with Gasteiger partial charge in [0.15, 0.2) is 0 Å². The largest absolute Gasteiger partial charge is 0.0854 e. The van der Waals surface area contributed by atoms with Crippen molar-refractivity contribution in [3.63, 3.8) is 0 Å². The Balaban J connectivity index is -0.000000224. The van der Waals surface area contributed by atoms with Crippen LogP contribution in [0, 0.1) is 84.9 Å². The van der Waals surface area contributed by atoms with Gasteiger partial charge in [-0.1, -0.05) is 286 Å². The zero-order valence-electron chi connectivity index (χ0n) is 46.5. The van der Waals surface area contributed by atoms with Gasteiger partial charge in [0.25, 0.3) is 0 Å². The molecule has 4 unspecified atom stereocenters. The predicted molar refractivity (Wildman–Crippen MR) is 322 cm³/mol. The summed E-state index contributed by atoms with van der Waals surface area (Å²) in [6.45, 7) is 36.8. The summed E-state index contributed by atoms with van der Waals surface area (Å²) in [6.07, 6.45) is 43.8. The molecule has 68 heavy (non-hydrogen) atoms. The smallest absolute Gasteiger partial charge is 0 e. The molecule has 0 N–H and O–H groups in total. The monoisotopic (exact) mass is 951 g/mol. The van der Waals surface area contributed by atoms with Gasteiger partial charge >= 0.3 is 0 Å². The summed E-state index contributed by atoms with van der Waals surface area (Å²) < 4.78 is 0. The summed E-state index contributed by atoms with van der Waals surface area (Å²) in [5.74, 6) is 11.7. The molecule has 1 aromatic rings. The minimum absolute atomic E-state index is 0. The van der Waals surface area contributed by atoms with Gasteiger partial charge in [-0.15, -0.1) is 0 Å². The van der Waals surface area contributed by atoms with Gasteiger partial charge in [-0.05, 0) is 150 Å². The van der Waals surface area contributed by atoms with Crippen molar-refractivity contribution in [2.24, 2.45) is 71.0 Å². The summed E-state index contributed by atoms with van der Waals surface area (Å²) in [5.41, 5.74) is 5.83. The highest BCUT2D eigenvalue weighted by Gasteiger charge is 2.16. The fraction of sp³-hybridized carbons (Fsp3) is 0.824. The van der Waals surface area contributed by atoms with Crippen molar-refractivity contribution >= 4 is 0 Å². The van der Waals surface area contributed by atoms with Crippen LogP contribution in [0.15, 0.2) is 59.7 Å². The van der Waals surface area contributed by atoms with Crippen molar-refractivity contribution < 1.29 is 1.43 Å². The molecule has 0 spiro atoms. The Bertz CT molecular complexity index is 1120. The average molecular weight is 952 g/mol. The van der Waals surface area contributed by atoms with Crippen LogP contribution in [0.1, 0.15) is 293 Å². The van der Waals surface area contributed by atoms with E-state index in [1.807, 2.05) is 0 Å². The van der Waals surface area contributed by atoms with Crippen molar-refractivity contribution in [3.8, 4) is 0 Å². The lowest BCUT2D eigenvalue weighted by Gasteiger charge is -2.22. The number of rotatable bonds is 0. The van der Waals surface area contributed by atoms with Crippen molar-refractivity contribution in [1.29, 1.82) is 0 Å². The second-order valence-corrected chi connectivity index (χ2v) is 24.4. The summed E-state index contributed by atoms with van der Waals surface area (Å²) in [6, 6.07) is 8.48. The van der Waals surface area contributed by atoms with E-state index in [2.05, 4.69) is 159 Å². The molecule has 0 aliphatic heterocycles. The molecule has 4 saturated carbocycles. The Labute approximate surface area is 435 Å². The predicted octanol–water partition coefficient (Wildman–Crippen LogP) is 24.5. The zero-order valence-corrected chi connectivity index (χ0v) is 46.5. The third-order valence-corrected chi connectivity index (χ3v) is 16.1. The molecule has 7 aliphatic rings. The average Bonchev–Trinajstić information content (AvgIpc) is 3.28. The number of allylic oxidation sites excluding steroid dienone is 6. The summed E-state index contributed by atoms with van der Waals surface area (Å²) >= 11 is 0. The first-order valence-electron chi connectivity index (χ1n) is 28.3. The van der Waals surface area contributed by atoms with Crippen LogP contribution in [-0.4, -0.2) is 0 Å². The third-order valence-electron chi connectivity index (χ3n) is 16.1. The number of benzene rings is 1. The molecule has 0 nitrogen and oxygen atoms in total. The van der Waals surface area contributed by atoms with Crippen LogP contribution in [0.4, 0.5) is 0 Å². The highest BCUT2D eigenvalue weighted by atomic mass is 14.2. The van der Waals surface area contributed by atoms with Gasteiger partial charge in [0.05, 0.1) is 0 Å². The number of hydrogen-bond donors (Lipinski definition) is 0. The second kappa shape index (κ2) is 44.2. The molecule has 0 amide bonds. The van der Waals surface area contributed by atoms with Gasteiger partial charge < -0.3 is 0 Å². The summed E-state index contributed by atoms with van der Waals surface area (Å²) in [5, 5.41) is 0. The molecule has 0 bridgehead atoms. The zero-order chi connectivity index (χ0) is 47.9. The molecule has 0 heteroatoms. The fourth-order valence-electron chi connectivity index (χ4n) is 9.63. The van der Waals surface area contributed by atoms with Crippen LogP contribution in [0.2, 0.25) is 0 Å². The van der Waals surface area contributed by atoms with Crippen LogP contribution in [0.25, 0.3) is 0 Å². The molecule has 8 rings (SSSR count). The molecule has 7 aliphatic carbocycles. The van der Waals surface area contributed by atoms with E-state index in [-0.39, 0.29) is 31.1 Å². The van der Waals surface area contributed by atoms with Gasteiger partial charge in [-0.2, -0.15) is 0 Å². The van der Waals surface area contributed by atoms with E-state index in [4.69, 9.17) is 0 Å². The molecule has 0 saturated heterocycles. The van der Waals surface area contributed by atoms with E-state index < -0.39 is 0 Å². The Kier molecular flexibility index (Phi) is 47.4. The lowest BCUT2D eigenvalue weighted by atomic mass is 9.84. The lowest BCUT2D eigenvalue weighted by molar-refractivity contribution is 0.308. The van der Waals surface area contributed by atoms with E-state index in [0.717, 1.165) is 71.0 Å². The van der Waals surface area contributed by atoms with E-state index in [9.17, 15) is 0 Å². The standard InChI is InChI=1S/4C8H16.3C8H14.C8H10.4CH4.H2/c8*1-7-3-5-8(2)6-4-7;;;;;/h4*7-8H,3-6H2,1-2H3;2*3,8H,4-6H2,1-2H3;3,5,7-8H,4,6H2,1-2H3;3-6H,1-2H3;4*1H4;1H. The maximum absolute atomic E-state index is 2.37. The Morgan fingerprint density at radius 1 is 0.279 bits per heavy atom. The fourth-order valence-corrected chi connectivity index (χ4v) is 9.63. The molecule has 4 atom stereocenters. The van der Waals surface area contributed by atoms with E-state index in [0.29, 0.717) is 0 Å². The minimum Gasteiger partial charge on any atom is -0.0854 e. The topological polar surface area (TPSA) is 0 Å². The van der Waals surface area contributed by atoms with Gasteiger partial charge in [0.1, 0.15) is 0 Å². The maximum Gasteiger partial charge on any atom is 0 e. The SMILES string of the molecule is C.C.C.C.CC1=CCC(C)CC1.CC1=CCC(C)CC1.CC1C=CC(C)CC1.CC1CCC(C)CC1.CC1CCC(C)CC1.CC1CCC(C)CC1.CC1CCC(C)CC1.Cc1ccc(C)cc1.[HH]. The Morgan fingerprint density at radius 2 is 0.471 bits per heavy atom. The molecule has 4 fully saturated rings. The van der Waals surface area contributed by atoms with Crippen LogP contribution >= 0.6 is 0 Å². The second-order valence-electron chi connectivity index (χ2n) is 24.4. The first-order valence-corrected chi connectivity index (χ1v) is 28.3. The summed E-state index contributed by atoms with van der Waals surface area (Å²) in [7, 11) is 0. The van der Waals surface area contributed by atoms with Crippen molar-refractivity contribution in [2.45, 2.75) is 295 Å². The van der Waals surface area contributed by atoms with E-state index in [1.54, 1.807) is 11.1 Å². The first kappa shape index (κ1) is 73.0. The summed E-state index contributed by atoms with van der Waals surface area (Å²) in [4.78, 5) is 0. The Hall–Kier alpha value is -1.56. The van der Waals surface area contributed by atoms with Crippen molar-refractivity contribution in [1.82, 2.24) is 0 Å². The van der Waals surface area contributed by atoms with Crippen LogP contribution in [0.3, 0.4) is 0 Å². The minimum atomic E-state index is 0. The highest BCUT2D eigenvalue weighted by molar-refractivity contribution is 5.19. The molecule has 0 radical (unpaired) electrons. The van der Waals surface area contributed by atoms with Gasteiger partial charge in [-0.25, -0.2) is 0 Å². The van der Waals surface area contributed by atoms with Crippen LogP contribution in [0.5, 0.6) is 0 Å². The molecule has 0 heterocycles. The van der Waals surface area contributed by atoms with Crippen LogP contribution < -0.4 is 0 Å². The van der Waals surface area contributed by atoms with Crippen molar-refractivity contribution in [2.75, 3.05) is 0 Å². The van der Waals surface area contributed by atoms with Gasteiger partial charge in [-0.3, -0.25) is 0 Å². The van der Waals surface area contributed by atoms with E-state index in [1.165, 1.54) is 165 Å². The lowest BCUT2D eigenvalue weighted by Crippen LogP contribution is -2.08. The molecular formula is C68H134. The normalized spacial score (nSPS) is 31.2. The number of aryl methyl sites for hydroxylation is 2. The maximum atomic E-state index is 2.37. The van der Waals surface area contributed by atoms with Crippen molar-refractivity contribution in [3.05, 3.63) is 70.8 Å². The highest BCUT2D eigenvalue weighted by Crippen LogP contribution is 2.30. The third kappa shape index (κ3) is 42.2. The van der Waals surface area contributed by atoms with Gasteiger partial charge in [0, 0.05) is 1.43 Å². The first-order chi connectivity index (χ1) is 30.3. The number of hydrogen-bond acceptors (Lipinski definition) is 0. The van der Waals surface area contributed by atoms with E-state index >= 15 is 0 Å². The van der Waals surface area contributed by atoms with Gasteiger partial charge in [0.2, 0.25) is 0 Å². The van der Waals surface area contributed by atoms with Crippen LogP contribution in [-0.2, 0) is 0 Å². The quantitative estimate of drug-likeness (QED) is 0.227. The molecule has 0 aromatic heterocycles.